The highest BCUT2D eigenvalue weighted by atomic mass is 32.1. The first-order chi connectivity index (χ1) is 49.6. The van der Waals surface area contributed by atoms with Gasteiger partial charge in [-0.2, -0.15) is 0 Å². The predicted molar refractivity (Wildman–Crippen MR) is 426 cm³/mol. The molecule has 6 aromatic heterocycles. The van der Waals surface area contributed by atoms with E-state index in [1.165, 1.54) is 117 Å². The smallest absolute Gasteiger partial charge is 0.0730 e. The van der Waals surface area contributed by atoms with Crippen molar-refractivity contribution in [2.24, 2.45) is 0 Å². The van der Waals surface area contributed by atoms with Crippen molar-refractivity contribution in [1.29, 1.82) is 0 Å². The predicted octanol–water partition coefficient (Wildman–Crippen LogP) is 26.4. The molecule has 0 spiro atoms. The van der Waals surface area contributed by atoms with Crippen molar-refractivity contribution >= 4 is 107 Å². The van der Waals surface area contributed by atoms with Crippen molar-refractivity contribution in [2.75, 3.05) is 0 Å². The van der Waals surface area contributed by atoms with E-state index >= 15 is 0 Å². The molecule has 0 aliphatic carbocycles. The van der Waals surface area contributed by atoms with Gasteiger partial charge >= 0.3 is 0 Å². The Morgan fingerprint density at radius 3 is 1.03 bits per heavy atom. The topological polar surface area (TPSA) is 35.6 Å². The van der Waals surface area contributed by atoms with Crippen LogP contribution in [0.1, 0.15) is 0 Å². The number of para-hydroxylation sites is 4. The number of hydrogen-bond acceptors (Lipinski definition) is 4. The molecule has 6 heterocycles. The van der Waals surface area contributed by atoms with E-state index in [-0.39, 0.29) is 0 Å². The van der Waals surface area contributed by atoms with E-state index < -0.39 is 0 Å². The van der Waals surface area contributed by atoms with Gasteiger partial charge in [0.05, 0.1) is 44.8 Å². The van der Waals surface area contributed by atoms with Gasteiger partial charge in [0, 0.05) is 95.5 Å². The van der Waals surface area contributed by atoms with E-state index in [1.807, 2.05) is 22.7 Å². The van der Waals surface area contributed by atoms with Crippen molar-refractivity contribution in [3.63, 3.8) is 0 Å². The molecule has 20 aromatic rings. The molecule has 0 aliphatic heterocycles. The number of benzene rings is 14. The van der Waals surface area contributed by atoms with Gasteiger partial charge in [0.25, 0.3) is 0 Å². The first kappa shape index (κ1) is 58.7. The van der Waals surface area contributed by atoms with E-state index in [2.05, 4.69) is 373 Å². The summed E-state index contributed by atoms with van der Waals surface area (Å²) in [5.74, 6) is 0. The second-order valence-corrected chi connectivity index (χ2v) is 27.6. The van der Waals surface area contributed by atoms with Crippen LogP contribution in [0.15, 0.2) is 364 Å². The van der Waals surface area contributed by atoms with Crippen molar-refractivity contribution < 1.29 is 0 Å². The van der Waals surface area contributed by atoms with E-state index in [9.17, 15) is 0 Å². The second-order valence-electron chi connectivity index (χ2n) is 25.5. The number of fused-ring (bicyclic) bond motifs is 12. The molecule has 4 nitrogen and oxygen atoms in total. The van der Waals surface area contributed by atoms with E-state index in [4.69, 9.17) is 9.97 Å². The Bertz CT molecular complexity index is 6410. The highest BCUT2D eigenvalue weighted by molar-refractivity contribution is 7.26. The molecule has 0 saturated carbocycles. The zero-order valence-electron chi connectivity index (χ0n) is 54.2. The summed E-state index contributed by atoms with van der Waals surface area (Å²) >= 11 is 3.69. The molecule has 0 aliphatic rings. The van der Waals surface area contributed by atoms with Crippen LogP contribution in [0.25, 0.3) is 185 Å². The minimum absolute atomic E-state index is 0.948. The van der Waals surface area contributed by atoms with Gasteiger partial charge in [0.1, 0.15) is 0 Å². The number of thiophene rings is 2. The zero-order chi connectivity index (χ0) is 66.0. The molecule has 0 fully saturated rings. The molecule has 20 rings (SSSR count). The van der Waals surface area contributed by atoms with Gasteiger partial charge in [-0.1, -0.05) is 273 Å². The minimum Gasteiger partial charge on any atom is -0.309 e. The van der Waals surface area contributed by atoms with Crippen LogP contribution in [0.5, 0.6) is 0 Å². The lowest BCUT2D eigenvalue weighted by atomic mass is 9.96. The third-order valence-corrected chi connectivity index (χ3v) is 22.1. The first-order valence-electron chi connectivity index (χ1n) is 33.9. The average Bonchev–Trinajstić information content (AvgIpc) is 1.63. The van der Waals surface area contributed by atoms with E-state index in [0.717, 1.165) is 67.5 Å². The Morgan fingerprint density at radius 1 is 0.190 bits per heavy atom. The Balaban J connectivity index is 0.000000139. The molecule has 468 valence electrons. The summed E-state index contributed by atoms with van der Waals surface area (Å²) in [5.41, 5.74) is 24.8. The maximum absolute atomic E-state index is 5.44. The van der Waals surface area contributed by atoms with Gasteiger partial charge in [-0.3, -0.25) is 0 Å². The quantitative estimate of drug-likeness (QED) is 0.137. The normalized spacial score (nSPS) is 11.6. The molecule has 14 aromatic carbocycles. The first-order valence-corrected chi connectivity index (χ1v) is 35.6. The molecule has 0 bridgehead atoms. The number of aromatic nitrogens is 4. The van der Waals surface area contributed by atoms with E-state index in [1.54, 1.807) is 0 Å². The Hall–Kier alpha value is -12.6. The SMILES string of the molecule is c1ccc(-c2ccc(-c3cc(-c4ccc(-n5c6ccccc6c6ccccc65)cc4)nc(-c4cccc5c4sc4ccccc45)c3)cc2)cc1.c1ccc(-c2cccc(-c3cc(-c4cccc(-n5c6ccccc6c6ccccc65)c4)nc(-c4cccc5c4sc4ccccc45)c3)c2)cc1. The molecule has 0 radical (unpaired) electrons. The average molecular weight is 1310 g/mol. The van der Waals surface area contributed by atoms with Crippen LogP contribution in [0.4, 0.5) is 0 Å². The second kappa shape index (κ2) is 24.8. The van der Waals surface area contributed by atoms with Crippen LogP contribution >= 0.6 is 22.7 Å². The van der Waals surface area contributed by atoms with Gasteiger partial charge in [-0.05, 0) is 136 Å². The molecule has 0 atom stereocenters. The highest BCUT2D eigenvalue weighted by Gasteiger charge is 2.20. The summed E-state index contributed by atoms with van der Waals surface area (Å²) in [6.07, 6.45) is 0. The molecule has 6 heteroatoms. The largest absolute Gasteiger partial charge is 0.309 e. The molecule has 100 heavy (non-hydrogen) atoms. The maximum atomic E-state index is 5.44. The van der Waals surface area contributed by atoms with Crippen LogP contribution in [0.2, 0.25) is 0 Å². The number of nitrogens with zero attached hydrogens (tertiary/aromatic N) is 4. The summed E-state index contributed by atoms with van der Waals surface area (Å²) < 4.78 is 9.86. The summed E-state index contributed by atoms with van der Waals surface area (Å²) in [4.78, 5) is 10.8. The lowest BCUT2D eigenvalue weighted by Gasteiger charge is -2.14. The van der Waals surface area contributed by atoms with Gasteiger partial charge in [-0.25, -0.2) is 9.97 Å². The van der Waals surface area contributed by atoms with E-state index in [0.29, 0.717) is 0 Å². The standard InChI is InChI=1S/2C47H30N2S/c1-2-13-31(14-3-1)32-15-10-16-33(27-32)35-29-42(48-43(30-35)41-23-12-22-40-39-21-6-9-26-46(39)50-47(40)41)34-17-11-18-36(28-34)49-44-24-7-4-19-37(44)38-20-5-8-25-45(38)49;1-2-11-31(12-3-1)32-21-23-33(24-22-32)35-29-42(48-43(30-35)41-17-10-16-40-39-15-6-9-20-46(39)50-47(40)41)34-25-27-36(28-26-34)49-44-18-7-4-13-37(44)38-14-5-8-19-45(38)49/h2*1-30H. The van der Waals surface area contributed by atoms with Crippen molar-refractivity contribution in [3.05, 3.63) is 364 Å². The molecule has 0 saturated heterocycles. The highest BCUT2D eigenvalue weighted by Crippen LogP contribution is 2.45. The fourth-order valence-corrected chi connectivity index (χ4v) is 17.3. The summed E-state index contributed by atoms with van der Waals surface area (Å²) in [6, 6.07) is 131. The van der Waals surface area contributed by atoms with Crippen LogP contribution < -0.4 is 0 Å². The van der Waals surface area contributed by atoms with Crippen molar-refractivity contribution in [1.82, 2.24) is 19.1 Å². The molecule has 0 N–H and O–H groups in total. The maximum Gasteiger partial charge on any atom is 0.0730 e. The van der Waals surface area contributed by atoms with Crippen LogP contribution in [-0.4, -0.2) is 19.1 Å². The van der Waals surface area contributed by atoms with Crippen LogP contribution in [0, 0.1) is 0 Å². The summed E-state index contributed by atoms with van der Waals surface area (Å²) in [7, 11) is 0. The Morgan fingerprint density at radius 2 is 0.520 bits per heavy atom. The molecular weight excluding hydrogens is 1250 g/mol. The number of pyridine rings is 2. The summed E-state index contributed by atoms with van der Waals surface area (Å²) in [6.45, 7) is 0. The lowest BCUT2D eigenvalue weighted by molar-refractivity contribution is 1.18. The third kappa shape index (κ3) is 10.4. The monoisotopic (exact) mass is 1310 g/mol. The van der Waals surface area contributed by atoms with Crippen molar-refractivity contribution in [2.45, 2.75) is 0 Å². The molecule has 0 unspecified atom stereocenters. The van der Waals surface area contributed by atoms with Crippen LogP contribution in [-0.2, 0) is 0 Å². The van der Waals surface area contributed by atoms with Gasteiger partial charge < -0.3 is 9.13 Å². The third-order valence-electron chi connectivity index (χ3n) is 19.6. The van der Waals surface area contributed by atoms with Gasteiger partial charge in [0.2, 0.25) is 0 Å². The molecule has 0 amide bonds. The fourth-order valence-electron chi connectivity index (χ4n) is 14.8. The Labute approximate surface area is 586 Å². The fraction of sp³-hybridized carbons (Fsp3) is 0. The number of rotatable bonds is 10. The van der Waals surface area contributed by atoms with Crippen LogP contribution in [0.3, 0.4) is 0 Å². The molecular formula is C94H60N4S2. The summed E-state index contributed by atoms with van der Waals surface area (Å²) in [5, 5.41) is 10.2. The minimum atomic E-state index is 0.948. The number of hydrogen-bond donors (Lipinski definition) is 0. The van der Waals surface area contributed by atoms with Crippen molar-refractivity contribution in [3.8, 4) is 101 Å². The lowest BCUT2D eigenvalue weighted by Crippen LogP contribution is -1.96. The van der Waals surface area contributed by atoms with Gasteiger partial charge in [0.15, 0.2) is 0 Å². The van der Waals surface area contributed by atoms with Gasteiger partial charge in [-0.15, -0.1) is 22.7 Å². The zero-order valence-corrected chi connectivity index (χ0v) is 55.9. The Kier molecular flexibility index (Phi) is 14.6.